The number of hydrogen-bond donors (Lipinski definition) is 2. The van der Waals surface area contributed by atoms with E-state index in [0.717, 1.165) is 50.0 Å². The molecule has 10 heteroatoms. The fourth-order valence-electron chi connectivity index (χ4n) is 4.95. The number of hydrogen-bond acceptors (Lipinski definition) is 5. The van der Waals surface area contributed by atoms with Crippen LogP contribution < -0.4 is 14.8 Å². The number of pyridine rings is 1. The van der Waals surface area contributed by atoms with E-state index in [1.54, 1.807) is 12.1 Å². The molecule has 2 N–H and O–H groups in total. The van der Waals surface area contributed by atoms with E-state index in [-0.39, 0.29) is 10.8 Å². The minimum Gasteiger partial charge on any atom is -0.618 e. The van der Waals surface area contributed by atoms with Crippen LogP contribution in [0.25, 0.3) is 10.9 Å². The number of methoxy groups -OCH3 is 1. The third-order valence-corrected chi connectivity index (χ3v) is 7.05. The smallest absolute Gasteiger partial charge is 0.322 e. The van der Waals surface area contributed by atoms with Gasteiger partial charge in [-0.3, -0.25) is 9.48 Å². The number of benzene rings is 1. The van der Waals surface area contributed by atoms with Gasteiger partial charge >= 0.3 is 12.3 Å². The van der Waals surface area contributed by atoms with Crippen molar-refractivity contribution in [2.24, 2.45) is 5.92 Å². The van der Waals surface area contributed by atoms with Crippen LogP contribution in [-0.2, 0) is 0 Å². The molecule has 2 heterocycles. The second-order valence-corrected chi connectivity index (χ2v) is 9.21. The molecule has 2 aromatic heterocycles. The Hall–Kier alpha value is -3.27. The number of fused-ring (bicyclic) bond motifs is 1. The first-order chi connectivity index (χ1) is 16.3. The van der Waals surface area contributed by atoms with Crippen molar-refractivity contribution in [1.29, 1.82) is 0 Å². The molecule has 0 bridgehead atoms. The van der Waals surface area contributed by atoms with Gasteiger partial charge in [0.05, 0.1) is 30.0 Å². The van der Waals surface area contributed by atoms with E-state index in [0.29, 0.717) is 22.9 Å². The first-order valence-corrected chi connectivity index (χ1v) is 11.4. The molecule has 0 aliphatic heterocycles. The van der Waals surface area contributed by atoms with E-state index in [4.69, 9.17) is 4.74 Å². The highest BCUT2D eigenvalue weighted by Crippen LogP contribution is 2.49. The Bertz CT molecular complexity index is 1230. The normalized spacial score (nSPS) is 22.8. The number of halogens is 2. The molecule has 2 aliphatic rings. The Morgan fingerprint density at radius 1 is 1.29 bits per heavy atom. The average Bonchev–Trinajstić information content (AvgIpc) is 3.60. The molecule has 3 aromatic rings. The maximum absolute atomic E-state index is 13.0. The number of aliphatic hydroxyl groups is 1. The van der Waals surface area contributed by atoms with Crippen molar-refractivity contribution in [2.75, 3.05) is 12.4 Å². The third-order valence-electron chi connectivity index (χ3n) is 7.05. The second-order valence-electron chi connectivity index (χ2n) is 9.21. The molecule has 2 fully saturated rings. The van der Waals surface area contributed by atoms with Gasteiger partial charge in [0.2, 0.25) is 0 Å². The lowest BCUT2D eigenvalue weighted by Gasteiger charge is -2.36. The Morgan fingerprint density at radius 2 is 2.03 bits per heavy atom. The van der Waals surface area contributed by atoms with Crippen LogP contribution in [-0.4, -0.2) is 33.5 Å². The topological polar surface area (TPSA) is 103 Å². The predicted molar refractivity (Wildman–Crippen MR) is 120 cm³/mol. The number of alkyl halides is 2. The highest BCUT2D eigenvalue weighted by Gasteiger charge is 2.45. The van der Waals surface area contributed by atoms with E-state index in [9.17, 15) is 23.9 Å². The van der Waals surface area contributed by atoms with Crippen LogP contribution in [0.15, 0.2) is 36.5 Å². The Balaban J connectivity index is 1.38. The zero-order valence-corrected chi connectivity index (χ0v) is 18.7. The molecule has 0 spiro atoms. The van der Waals surface area contributed by atoms with Gasteiger partial charge in [-0.2, -0.15) is 18.6 Å². The van der Waals surface area contributed by atoms with Crippen molar-refractivity contribution in [1.82, 2.24) is 9.78 Å². The summed E-state index contributed by atoms with van der Waals surface area (Å²) in [4.78, 5) is 12.7. The molecule has 0 saturated heterocycles. The van der Waals surface area contributed by atoms with E-state index in [1.807, 2.05) is 10.9 Å². The molecule has 0 unspecified atom stereocenters. The van der Waals surface area contributed by atoms with Gasteiger partial charge in [0.15, 0.2) is 0 Å². The van der Waals surface area contributed by atoms with Crippen LogP contribution in [0.1, 0.15) is 67.2 Å². The van der Waals surface area contributed by atoms with Gasteiger partial charge in [0.1, 0.15) is 5.75 Å². The van der Waals surface area contributed by atoms with E-state index < -0.39 is 29.3 Å². The number of nitrogens with zero attached hydrogens (tertiary/aromatic N) is 3. The number of rotatable bonds is 6. The zero-order valence-electron chi connectivity index (χ0n) is 18.7. The maximum Gasteiger partial charge on any atom is 0.322 e. The first kappa shape index (κ1) is 22.5. The molecule has 5 rings (SSSR count). The third kappa shape index (κ3) is 4.06. The lowest BCUT2D eigenvalue weighted by Crippen LogP contribution is -2.40. The van der Waals surface area contributed by atoms with Crippen molar-refractivity contribution in [3.63, 3.8) is 0 Å². The lowest BCUT2D eigenvalue weighted by atomic mass is 9.79. The fraction of sp³-hybridized carbons (Fsp3) is 0.458. The fourth-order valence-corrected chi connectivity index (χ4v) is 4.95. The van der Waals surface area contributed by atoms with Crippen molar-refractivity contribution < 1.29 is 28.1 Å². The Morgan fingerprint density at radius 3 is 2.68 bits per heavy atom. The van der Waals surface area contributed by atoms with Crippen LogP contribution in [0.5, 0.6) is 5.75 Å². The largest absolute Gasteiger partial charge is 0.618 e. The number of carbonyl (C=O) groups is 1. The van der Waals surface area contributed by atoms with Crippen molar-refractivity contribution in [3.8, 4) is 5.75 Å². The average molecular weight is 472 g/mol. The zero-order chi connectivity index (χ0) is 24.0. The molecule has 1 aromatic carbocycles. The van der Waals surface area contributed by atoms with Gasteiger partial charge in [0, 0.05) is 29.8 Å². The number of ether oxygens (including phenoxy) is 1. The molecule has 2 saturated carbocycles. The van der Waals surface area contributed by atoms with Gasteiger partial charge in [-0.05, 0) is 56.6 Å². The van der Waals surface area contributed by atoms with Crippen LogP contribution in [0, 0.1) is 11.1 Å². The summed E-state index contributed by atoms with van der Waals surface area (Å²) in [5, 5.41) is 31.0. The summed E-state index contributed by atoms with van der Waals surface area (Å²) in [5.41, 5.74) is -0.798. The molecule has 180 valence electrons. The number of nitrogens with one attached hydrogen (secondary N) is 1. The molecule has 0 radical (unpaired) electrons. The summed E-state index contributed by atoms with van der Waals surface area (Å²) >= 11 is 0. The number of amides is 1. The summed E-state index contributed by atoms with van der Waals surface area (Å²) in [6.07, 6.45) is 4.31. The van der Waals surface area contributed by atoms with E-state index in [2.05, 4.69) is 10.4 Å². The van der Waals surface area contributed by atoms with Gasteiger partial charge < -0.3 is 20.4 Å². The van der Waals surface area contributed by atoms with Crippen LogP contribution in [0.4, 0.5) is 14.5 Å². The molecule has 8 nitrogen and oxygen atoms in total. The Kier molecular flexibility index (Phi) is 5.63. The lowest BCUT2D eigenvalue weighted by molar-refractivity contribution is -0.621. The summed E-state index contributed by atoms with van der Waals surface area (Å²) in [6, 6.07) is 6.95. The van der Waals surface area contributed by atoms with Crippen molar-refractivity contribution in [2.45, 2.75) is 56.6 Å². The molecule has 34 heavy (non-hydrogen) atoms. The first-order valence-electron chi connectivity index (χ1n) is 11.4. The number of anilines is 1. The molecule has 0 atom stereocenters. The SMILES string of the molecule is COc1cc2nn(C3CCC(O)(C4CC4)CC3)cc2cc1NC(=O)c1cccc(C(F)F)[n+]1[O-]. The number of aromatic nitrogens is 3. The summed E-state index contributed by atoms with van der Waals surface area (Å²) in [6.45, 7) is 0. The van der Waals surface area contributed by atoms with Crippen molar-refractivity contribution >= 4 is 22.5 Å². The van der Waals surface area contributed by atoms with Crippen molar-refractivity contribution in [3.05, 3.63) is 53.1 Å². The highest BCUT2D eigenvalue weighted by atomic mass is 19.3. The molecular formula is C24H26F2N4O4. The van der Waals surface area contributed by atoms with E-state index in [1.165, 1.54) is 19.2 Å². The van der Waals surface area contributed by atoms with Gasteiger partial charge in [0.25, 0.3) is 11.4 Å². The Labute approximate surface area is 194 Å². The minimum atomic E-state index is -3.00. The highest BCUT2D eigenvalue weighted by molar-refractivity contribution is 6.04. The molecule has 1 amide bonds. The monoisotopic (exact) mass is 472 g/mol. The number of carbonyl (C=O) groups excluding carboxylic acids is 1. The standard InChI is InChI=1S/C24H26F2N4O4/c1-34-21-12-17-14(13-29(28-17)16-7-9-24(32,10-8-16)15-5-6-15)11-18(21)27-23(31)20-4-2-3-19(22(25)26)30(20)33/h2-4,11-13,15-16,22,32H,5-10H2,1H3,(H,27,31). The molecule has 2 aliphatic carbocycles. The second kappa shape index (κ2) is 8.50. The predicted octanol–water partition coefficient (Wildman–Crippen LogP) is 4.12. The van der Waals surface area contributed by atoms with Crippen LogP contribution >= 0.6 is 0 Å². The minimum absolute atomic E-state index is 0.0606. The maximum atomic E-state index is 13.0. The summed E-state index contributed by atoms with van der Waals surface area (Å²) in [7, 11) is 1.44. The summed E-state index contributed by atoms with van der Waals surface area (Å²) in [5.74, 6) is -0.0516. The van der Waals surface area contributed by atoms with Gasteiger partial charge in [-0.25, -0.2) is 0 Å². The van der Waals surface area contributed by atoms with Crippen LogP contribution in [0.2, 0.25) is 0 Å². The molecular weight excluding hydrogens is 446 g/mol. The summed E-state index contributed by atoms with van der Waals surface area (Å²) < 4.78 is 33.3. The van der Waals surface area contributed by atoms with Gasteiger partial charge in [-0.15, -0.1) is 0 Å². The van der Waals surface area contributed by atoms with E-state index >= 15 is 0 Å². The van der Waals surface area contributed by atoms with Gasteiger partial charge in [-0.1, -0.05) is 0 Å². The van der Waals surface area contributed by atoms with Crippen LogP contribution in [0.3, 0.4) is 0 Å². The quantitative estimate of drug-likeness (QED) is 0.415.